The molecule has 0 aliphatic carbocycles. The number of para-hydroxylation sites is 1. The lowest BCUT2D eigenvalue weighted by Gasteiger charge is -2.23. The van der Waals surface area contributed by atoms with Crippen molar-refractivity contribution in [3.05, 3.63) is 36.0 Å². The van der Waals surface area contributed by atoms with Crippen LogP contribution in [-0.4, -0.2) is 23.8 Å². The molecule has 0 spiro atoms. The van der Waals surface area contributed by atoms with Crippen LogP contribution in [0, 0.1) is 0 Å². The van der Waals surface area contributed by atoms with Gasteiger partial charge in [0.15, 0.2) is 0 Å². The van der Waals surface area contributed by atoms with Crippen LogP contribution in [0.5, 0.6) is 0 Å². The Balaban J connectivity index is 2.19. The number of hydrogen-bond acceptors (Lipinski definition) is 2. The van der Waals surface area contributed by atoms with Gasteiger partial charge in [0.2, 0.25) is 0 Å². The smallest absolute Gasteiger partial charge is 0.0639 e. The van der Waals surface area contributed by atoms with Gasteiger partial charge in [-0.2, -0.15) is 0 Å². The maximum absolute atomic E-state index is 5.53. The number of hydrogen-bond donors (Lipinski definition) is 1. The number of aromatic nitrogens is 1. The van der Waals surface area contributed by atoms with Gasteiger partial charge >= 0.3 is 0 Å². The van der Waals surface area contributed by atoms with Gasteiger partial charge in [0.05, 0.1) is 5.60 Å². The molecular formula is C18H28N2O. The van der Waals surface area contributed by atoms with Crippen LogP contribution >= 0.6 is 0 Å². The van der Waals surface area contributed by atoms with Crippen LogP contribution in [0.1, 0.15) is 39.2 Å². The molecule has 0 aliphatic rings. The summed E-state index contributed by atoms with van der Waals surface area (Å²) >= 11 is 0. The van der Waals surface area contributed by atoms with E-state index in [1.807, 2.05) is 0 Å². The maximum Gasteiger partial charge on any atom is 0.0639 e. The summed E-state index contributed by atoms with van der Waals surface area (Å²) in [5.74, 6) is 0. The molecule has 1 aromatic carbocycles. The number of nitrogens with one attached hydrogen (secondary N) is 1. The molecule has 1 aromatic heterocycles. The Morgan fingerprint density at radius 3 is 2.71 bits per heavy atom. The zero-order valence-corrected chi connectivity index (χ0v) is 13.8. The SMILES string of the molecule is CCCNCc1cn(CCC(C)(C)OC)c2ccccc12. The Hall–Kier alpha value is -1.32. The molecule has 116 valence electrons. The highest BCUT2D eigenvalue weighted by molar-refractivity contribution is 5.83. The number of rotatable bonds is 8. The lowest BCUT2D eigenvalue weighted by Crippen LogP contribution is -2.24. The van der Waals surface area contributed by atoms with Crippen LogP contribution in [0.3, 0.4) is 0 Å². The molecule has 1 N–H and O–H groups in total. The van der Waals surface area contributed by atoms with E-state index in [-0.39, 0.29) is 5.60 Å². The highest BCUT2D eigenvalue weighted by Gasteiger charge is 2.17. The van der Waals surface area contributed by atoms with Crippen LogP contribution in [0.15, 0.2) is 30.5 Å². The first-order valence-electron chi connectivity index (χ1n) is 7.90. The summed E-state index contributed by atoms with van der Waals surface area (Å²) in [7, 11) is 1.79. The minimum absolute atomic E-state index is 0.0774. The third kappa shape index (κ3) is 4.08. The fourth-order valence-corrected chi connectivity index (χ4v) is 2.54. The number of nitrogens with zero attached hydrogens (tertiary/aromatic N) is 1. The summed E-state index contributed by atoms with van der Waals surface area (Å²) < 4.78 is 7.89. The van der Waals surface area contributed by atoms with Gasteiger partial charge in [0.25, 0.3) is 0 Å². The number of ether oxygens (including phenoxy) is 1. The molecule has 0 unspecified atom stereocenters. The highest BCUT2D eigenvalue weighted by atomic mass is 16.5. The number of methoxy groups -OCH3 is 1. The summed E-state index contributed by atoms with van der Waals surface area (Å²) in [6.07, 6.45) is 4.46. The Bertz CT molecular complexity index is 572. The van der Waals surface area contributed by atoms with Crippen molar-refractivity contribution in [3.8, 4) is 0 Å². The maximum atomic E-state index is 5.53. The molecule has 3 heteroatoms. The molecule has 0 saturated carbocycles. The average molecular weight is 288 g/mol. The van der Waals surface area contributed by atoms with Crippen molar-refractivity contribution in [3.63, 3.8) is 0 Å². The van der Waals surface area contributed by atoms with Crippen LogP contribution < -0.4 is 5.32 Å². The van der Waals surface area contributed by atoms with Gasteiger partial charge in [-0.3, -0.25) is 0 Å². The van der Waals surface area contributed by atoms with Crippen molar-refractivity contribution in [1.82, 2.24) is 9.88 Å². The van der Waals surface area contributed by atoms with E-state index in [0.717, 1.165) is 26.1 Å². The molecule has 0 bridgehead atoms. The summed E-state index contributed by atoms with van der Waals surface area (Å²) in [5, 5.41) is 4.86. The van der Waals surface area contributed by atoms with E-state index in [4.69, 9.17) is 4.74 Å². The Labute approximate surface area is 128 Å². The molecule has 0 atom stereocenters. The third-order valence-corrected chi connectivity index (χ3v) is 4.12. The number of benzene rings is 1. The molecule has 21 heavy (non-hydrogen) atoms. The fraction of sp³-hybridized carbons (Fsp3) is 0.556. The van der Waals surface area contributed by atoms with Crippen molar-refractivity contribution < 1.29 is 4.74 Å². The third-order valence-electron chi connectivity index (χ3n) is 4.12. The molecule has 0 amide bonds. The van der Waals surface area contributed by atoms with Crippen molar-refractivity contribution in [2.75, 3.05) is 13.7 Å². The topological polar surface area (TPSA) is 26.2 Å². The molecule has 2 rings (SSSR count). The summed E-state index contributed by atoms with van der Waals surface area (Å²) in [4.78, 5) is 0. The Kier molecular flexibility index (Phi) is 5.43. The first-order chi connectivity index (χ1) is 10.1. The van der Waals surface area contributed by atoms with Crippen LogP contribution in [0.25, 0.3) is 10.9 Å². The van der Waals surface area contributed by atoms with Crippen LogP contribution in [0.4, 0.5) is 0 Å². The molecule has 0 saturated heterocycles. The molecule has 0 fully saturated rings. The number of aryl methyl sites for hydroxylation is 1. The monoisotopic (exact) mass is 288 g/mol. The Morgan fingerprint density at radius 1 is 1.24 bits per heavy atom. The second kappa shape index (κ2) is 7.10. The molecule has 2 aromatic rings. The molecule has 0 aliphatic heterocycles. The van der Waals surface area contributed by atoms with Crippen molar-refractivity contribution in [2.45, 2.75) is 52.3 Å². The fourth-order valence-electron chi connectivity index (χ4n) is 2.54. The second-order valence-corrected chi connectivity index (χ2v) is 6.26. The first-order valence-corrected chi connectivity index (χ1v) is 7.90. The van der Waals surface area contributed by atoms with E-state index in [1.54, 1.807) is 7.11 Å². The van der Waals surface area contributed by atoms with Crippen molar-refractivity contribution in [1.29, 1.82) is 0 Å². The molecular weight excluding hydrogens is 260 g/mol. The van der Waals surface area contributed by atoms with E-state index in [2.05, 4.69) is 61.1 Å². The second-order valence-electron chi connectivity index (χ2n) is 6.26. The van der Waals surface area contributed by atoms with E-state index in [0.29, 0.717) is 0 Å². The highest BCUT2D eigenvalue weighted by Crippen LogP contribution is 2.23. The lowest BCUT2D eigenvalue weighted by atomic mass is 10.1. The quantitative estimate of drug-likeness (QED) is 0.744. The predicted octanol–water partition coefficient (Wildman–Crippen LogP) is 3.96. The zero-order valence-electron chi connectivity index (χ0n) is 13.8. The van der Waals surface area contributed by atoms with Gasteiger partial charge in [0.1, 0.15) is 0 Å². The zero-order chi connectivity index (χ0) is 15.3. The first kappa shape index (κ1) is 16.1. The van der Waals surface area contributed by atoms with E-state index in [1.165, 1.54) is 22.9 Å². The van der Waals surface area contributed by atoms with Gasteiger partial charge in [-0.15, -0.1) is 0 Å². The van der Waals surface area contributed by atoms with Gasteiger partial charge in [-0.25, -0.2) is 0 Å². The van der Waals surface area contributed by atoms with Gasteiger partial charge in [-0.05, 0) is 44.9 Å². The summed E-state index contributed by atoms with van der Waals surface area (Å²) in [6.45, 7) is 9.47. The van der Waals surface area contributed by atoms with Crippen LogP contribution in [-0.2, 0) is 17.8 Å². The number of fused-ring (bicyclic) bond motifs is 1. The van der Waals surface area contributed by atoms with Gasteiger partial charge in [-0.1, -0.05) is 25.1 Å². The Morgan fingerprint density at radius 2 is 2.00 bits per heavy atom. The van der Waals surface area contributed by atoms with Crippen molar-refractivity contribution in [2.24, 2.45) is 0 Å². The van der Waals surface area contributed by atoms with Crippen LogP contribution in [0.2, 0.25) is 0 Å². The lowest BCUT2D eigenvalue weighted by molar-refractivity contribution is 0.0123. The largest absolute Gasteiger partial charge is 0.379 e. The standard InChI is InChI=1S/C18H28N2O/c1-5-11-19-13-15-14-20(12-10-18(2,3)21-4)17-9-7-6-8-16(15)17/h6-9,14,19H,5,10-13H2,1-4H3. The van der Waals surface area contributed by atoms with Crippen molar-refractivity contribution >= 4 is 10.9 Å². The molecule has 0 radical (unpaired) electrons. The van der Waals surface area contributed by atoms with Gasteiger partial charge in [0, 0.05) is 37.3 Å². The summed E-state index contributed by atoms with van der Waals surface area (Å²) in [6, 6.07) is 8.66. The molecule has 3 nitrogen and oxygen atoms in total. The van der Waals surface area contributed by atoms with Gasteiger partial charge < -0.3 is 14.6 Å². The van der Waals surface area contributed by atoms with E-state index in [9.17, 15) is 0 Å². The van der Waals surface area contributed by atoms with E-state index < -0.39 is 0 Å². The molecule has 1 heterocycles. The summed E-state index contributed by atoms with van der Waals surface area (Å²) in [5.41, 5.74) is 2.62. The predicted molar refractivity (Wildman–Crippen MR) is 89.6 cm³/mol. The van der Waals surface area contributed by atoms with E-state index >= 15 is 0 Å². The average Bonchev–Trinajstić information content (AvgIpc) is 2.84. The minimum Gasteiger partial charge on any atom is -0.379 e. The normalized spacial score (nSPS) is 12.2. The minimum atomic E-state index is -0.0774.